The smallest absolute Gasteiger partial charge is 0.419 e. The van der Waals surface area contributed by atoms with Gasteiger partial charge in [0.1, 0.15) is 5.75 Å². The van der Waals surface area contributed by atoms with Crippen molar-refractivity contribution in [2.75, 3.05) is 5.32 Å². The van der Waals surface area contributed by atoms with E-state index in [1.54, 1.807) is 6.07 Å². The van der Waals surface area contributed by atoms with E-state index >= 15 is 0 Å². The van der Waals surface area contributed by atoms with Crippen LogP contribution in [-0.2, 0) is 16.0 Å². The van der Waals surface area contributed by atoms with Crippen LogP contribution in [0.3, 0.4) is 0 Å². The molecule has 3 aromatic rings. The molecule has 0 aliphatic heterocycles. The van der Waals surface area contributed by atoms with E-state index in [-0.39, 0.29) is 40.4 Å². The topological polar surface area (TPSA) is 128 Å². The van der Waals surface area contributed by atoms with Gasteiger partial charge in [0, 0.05) is 28.9 Å². The van der Waals surface area contributed by atoms with E-state index in [2.05, 4.69) is 15.4 Å². The summed E-state index contributed by atoms with van der Waals surface area (Å²) in [5.41, 5.74) is 6.90. The highest BCUT2D eigenvalue weighted by Gasteiger charge is 2.43. The fraction of sp³-hybridized carbons (Fsp3) is 0.290. The summed E-state index contributed by atoms with van der Waals surface area (Å²) in [5, 5.41) is 6.26. The summed E-state index contributed by atoms with van der Waals surface area (Å²) >= 11 is 0. The van der Waals surface area contributed by atoms with Crippen LogP contribution in [0.1, 0.15) is 63.1 Å². The number of esters is 1. The molecule has 0 unspecified atom stereocenters. The quantitative estimate of drug-likeness (QED) is 0.220. The molecule has 4 N–H and O–H groups in total. The highest BCUT2D eigenvalue weighted by atomic mass is 19.4. The minimum absolute atomic E-state index is 0.0122. The average Bonchev–Trinajstić information content (AvgIpc) is 2.97. The second kappa shape index (κ2) is 11.8. The summed E-state index contributed by atoms with van der Waals surface area (Å²) < 4.78 is 43.4. The Labute approximate surface area is 239 Å². The molecule has 1 saturated carbocycles. The van der Waals surface area contributed by atoms with E-state index in [1.807, 2.05) is 30.3 Å². The number of nitrogens with two attached hydrogens (primary N) is 1. The maximum Gasteiger partial charge on any atom is 0.491 e. The Hall–Kier alpha value is -4.51. The zero-order valence-corrected chi connectivity index (χ0v) is 22.4. The molecule has 3 aromatic carbocycles. The van der Waals surface area contributed by atoms with Gasteiger partial charge in [-0.1, -0.05) is 54.6 Å². The van der Waals surface area contributed by atoms with Gasteiger partial charge in [-0.2, -0.15) is 13.2 Å². The predicted octanol–water partition coefficient (Wildman–Crippen LogP) is 4.34. The molecule has 0 radical (unpaired) electrons. The summed E-state index contributed by atoms with van der Waals surface area (Å²) in [6.45, 7) is 0. The zero-order valence-electron chi connectivity index (χ0n) is 22.4. The van der Waals surface area contributed by atoms with Crippen molar-refractivity contribution in [1.82, 2.24) is 5.32 Å². The van der Waals surface area contributed by atoms with E-state index < -0.39 is 41.1 Å². The Bertz CT molecular complexity index is 1530. The van der Waals surface area contributed by atoms with Crippen molar-refractivity contribution in [2.24, 2.45) is 5.73 Å². The van der Waals surface area contributed by atoms with Crippen LogP contribution in [0.15, 0.2) is 66.7 Å². The molecule has 11 heteroatoms. The van der Waals surface area contributed by atoms with Gasteiger partial charge >= 0.3 is 12.1 Å². The number of alkyl halides is 3. The maximum absolute atomic E-state index is 13.5. The minimum atomic E-state index is -5.29. The predicted molar refractivity (Wildman–Crippen MR) is 147 cm³/mol. The van der Waals surface area contributed by atoms with Gasteiger partial charge in [0.25, 0.3) is 0 Å². The Kier molecular flexibility index (Phi) is 8.13. The molecule has 8 nitrogen and oxygen atoms in total. The van der Waals surface area contributed by atoms with Crippen LogP contribution in [0.25, 0.3) is 0 Å². The lowest BCUT2D eigenvalue weighted by Crippen LogP contribution is -2.48. The first-order valence-corrected chi connectivity index (χ1v) is 13.5. The number of ketones is 2. The van der Waals surface area contributed by atoms with Gasteiger partial charge in [-0.05, 0) is 49.8 Å². The highest BCUT2D eigenvalue weighted by Crippen LogP contribution is 2.39. The van der Waals surface area contributed by atoms with Crippen molar-refractivity contribution in [3.05, 3.63) is 94.5 Å². The van der Waals surface area contributed by atoms with Gasteiger partial charge in [0.15, 0.2) is 11.6 Å². The van der Waals surface area contributed by atoms with Gasteiger partial charge < -0.3 is 21.1 Å². The number of halogens is 3. The molecule has 0 spiro atoms. The largest absolute Gasteiger partial charge is 0.491 e. The second-order valence-electron chi connectivity index (χ2n) is 10.5. The van der Waals surface area contributed by atoms with Crippen molar-refractivity contribution in [3.63, 3.8) is 0 Å². The lowest BCUT2D eigenvalue weighted by Gasteiger charge is -2.32. The number of carbonyl (C=O) groups is 4. The number of benzene rings is 3. The van der Waals surface area contributed by atoms with Crippen LogP contribution < -0.4 is 21.1 Å². The van der Waals surface area contributed by atoms with Crippen molar-refractivity contribution in [1.29, 1.82) is 0 Å². The first-order valence-electron chi connectivity index (χ1n) is 13.5. The number of nitrogens with one attached hydrogen (secondary N) is 2. The molecule has 42 heavy (non-hydrogen) atoms. The summed E-state index contributed by atoms with van der Waals surface area (Å²) in [6.07, 6.45) is -2.41. The van der Waals surface area contributed by atoms with Crippen molar-refractivity contribution < 1.29 is 37.1 Å². The van der Waals surface area contributed by atoms with E-state index in [4.69, 9.17) is 5.73 Å². The third-order valence-electron chi connectivity index (χ3n) is 7.54. The Morgan fingerprint density at radius 2 is 1.40 bits per heavy atom. The average molecular weight is 580 g/mol. The first kappa shape index (κ1) is 29.0. The third-order valence-corrected chi connectivity index (χ3v) is 7.54. The molecular formula is C31H28F3N3O5. The monoisotopic (exact) mass is 579 g/mol. The fourth-order valence-corrected chi connectivity index (χ4v) is 5.43. The SMILES string of the molecule is N[C@@H](Cc1ccccc1)C(=O)NC1CCC(Nc2ccc(OC(=O)C(F)(F)F)c3c2C(=O)c2ccccc2C3=O)CC1. The number of amides is 1. The molecule has 0 saturated heterocycles. The lowest BCUT2D eigenvalue weighted by molar-refractivity contribution is -0.189. The van der Waals surface area contributed by atoms with Crippen LogP contribution in [0.2, 0.25) is 0 Å². The number of anilines is 1. The number of fused-ring (bicyclic) bond motifs is 2. The van der Waals surface area contributed by atoms with Gasteiger partial charge in [0.05, 0.1) is 17.2 Å². The standard InChI is InChI=1S/C31H28F3N3O5/c32-31(33,34)30(41)42-24-15-14-23(25-26(24)28(39)21-9-5-4-8-20(21)27(25)38)36-18-10-12-19(13-11-18)37-29(40)22(35)16-17-6-2-1-3-7-17/h1-9,14-15,18-19,22,36H,10-13,16,35H2,(H,37,40)/t18?,19?,22-/m0/s1. The van der Waals surface area contributed by atoms with Crippen LogP contribution in [0.5, 0.6) is 5.75 Å². The third kappa shape index (κ3) is 6.06. The van der Waals surface area contributed by atoms with Crippen LogP contribution >= 0.6 is 0 Å². The zero-order chi connectivity index (χ0) is 30.0. The van der Waals surface area contributed by atoms with Gasteiger partial charge in [-0.15, -0.1) is 0 Å². The van der Waals surface area contributed by atoms with E-state index in [9.17, 15) is 32.3 Å². The normalized spacial score (nSPS) is 18.9. The van der Waals surface area contributed by atoms with Crippen molar-refractivity contribution in [3.8, 4) is 5.75 Å². The first-order chi connectivity index (χ1) is 20.0. The van der Waals surface area contributed by atoms with E-state index in [1.165, 1.54) is 24.3 Å². The molecule has 0 heterocycles. The molecule has 0 aromatic heterocycles. The van der Waals surface area contributed by atoms with Gasteiger partial charge in [0.2, 0.25) is 5.91 Å². The number of ether oxygens (including phenoxy) is 1. The van der Waals surface area contributed by atoms with Crippen molar-refractivity contribution >= 4 is 29.1 Å². The lowest BCUT2D eigenvalue weighted by atomic mass is 9.82. The number of rotatable bonds is 7. The number of hydrogen-bond acceptors (Lipinski definition) is 7. The maximum atomic E-state index is 13.5. The second-order valence-corrected chi connectivity index (χ2v) is 10.5. The van der Waals surface area contributed by atoms with Gasteiger partial charge in [-0.3, -0.25) is 14.4 Å². The van der Waals surface area contributed by atoms with Crippen molar-refractivity contribution in [2.45, 2.75) is 56.4 Å². The van der Waals surface area contributed by atoms with E-state index in [0.29, 0.717) is 32.1 Å². The fourth-order valence-electron chi connectivity index (χ4n) is 5.43. The Balaban J connectivity index is 1.30. The Morgan fingerprint density at radius 1 is 0.833 bits per heavy atom. The van der Waals surface area contributed by atoms with Crippen LogP contribution in [0.4, 0.5) is 18.9 Å². The summed E-state index contributed by atoms with van der Waals surface area (Å²) in [6, 6.07) is 17.0. The number of carbonyl (C=O) groups excluding carboxylic acids is 4. The molecule has 0 bridgehead atoms. The summed E-state index contributed by atoms with van der Waals surface area (Å²) in [5.74, 6) is -4.65. The number of hydrogen-bond donors (Lipinski definition) is 3. The van der Waals surface area contributed by atoms with Gasteiger partial charge in [-0.25, -0.2) is 4.79 Å². The Morgan fingerprint density at radius 3 is 2.02 bits per heavy atom. The van der Waals surface area contributed by atoms with Crippen LogP contribution in [0, 0.1) is 0 Å². The molecule has 1 fully saturated rings. The molecule has 2 aliphatic carbocycles. The molecule has 218 valence electrons. The molecule has 1 atom stereocenters. The summed E-state index contributed by atoms with van der Waals surface area (Å²) in [7, 11) is 0. The summed E-state index contributed by atoms with van der Waals surface area (Å²) in [4.78, 5) is 51.1. The molecular weight excluding hydrogens is 551 g/mol. The minimum Gasteiger partial charge on any atom is -0.419 e. The molecule has 1 amide bonds. The molecule has 5 rings (SSSR count). The van der Waals surface area contributed by atoms with Crippen LogP contribution in [-0.4, -0.2) is 47.7 Å². The highest BCUT2D eigenvalue weighted by molar-refractivity contribution is 6.31. The van der Waals surface area contributed by atoms with E-state index in [0.717, 1.165) is 11.6 Å². The molecule has 2 aliphatic rings.